The van der Waals surface area contributed by atoms with Crippen LogP contribution in [0.1, 0.15) is 55.7 Å². The summed E-state index contributed by atoms with van der Waals surface area (Å²) >= 11 is 0. The molecule has 1 aliphatic rings. The monoisotopic (exact) mass is 233 g/mol. The van der Waals surface area contributed by atoms with E-state index in [4.69, 9.17) is 10.8 Å². The zero-order chi connectivity index (χ0) is 12.3. The van der Waals surface area contributed by atoms with Gasteiger partial charge in [0, 0.05) is 0 Å². The molecule has 0 saturated heterocycles. The predicted octanol–water partition coefficient (Wildman–Crippen LogP) is 2.97. The molecule has 0 heterocycles. The molecule has 0 aliphatic heterocycles. The highest BCUT2D eigenvalue weighted by Gasteiger charge is 2.20. The summed E-state index contributed by atoms with van der Waals surface area (Å²) in [6.07, 6.45) is 5.25. The summed E-state index contributed by atoms with van der Waals surface area (Å²) in [6.45, 7) is 2.36. The predicted molar refractivity (Wildman–Crippen MR) is 70.8 cm³/mol. The highest BCUT2D eigenvalue weighted by molar-refractivity contribution is 5.28. The van der Waals surface area contributed by atoms with Gasteiger partial charge in [-0.05, 0) is 35.8 Å². The molecule has 2 heteroatoms. The molecular formula is C15H23NO. The lowest BCUT2D eigenvalue weighted by molar-refractivity contribution is 0.268. The molecular weight excluding hydrogens is 210 g/mol. The van der Waals surface area contributed by atoms with E-state index in [1.807, 2.05) is 6.07 Å². The zero-order valence-electron chi connectivity index (χ0n) is 10.6. The van der Waals surface area contributed by atoms with Crippen LogP contribution in [0.3, 0.4) is 0 Å². The van der Waals surface area contributed by atoms with Crippen LogP contribution >= 0.6 is 0 Å². The van der Waals surface area contributed by atoms with Crippen LogP contribution in [0.4, 0.5) is 0 Å². The molecule has 1 aliphatic carbocycles. The van der Waals surface area contributed by atoms with Crippen LogP contribution in [-0.2, 0) is 0 Å². The lowest BCUT2D eigenvalue weighted by Crippen LogP contribution is -2.15. The summed E-state index contributed by atoms with van der Waals surface area (Å²) in [5, 5.41) is 9.10. The molecule has 2 rings (SSSR count). The Balaban J connectivity index is 2.10. The van der Waals surface area contributed by atoms with E-state index in [0.29, 0.717) is 5.92 Å². The van der Waals surface area contributed by atoms with Crippen molar-refractivity contribution in [2.75, 3.05) is 6.61 Å². The lowest BCUT2D eigenvalue weighted by atomic mass is 9.79. The number of nitrogens with two attached hydrogens (primary N) is 1. The van der Waals surface area contributed by atoms with E-state index in [1.165, 1.54) is 31.2 Å². The fraction of sp³-hybridized carbons (Fsp3) is 0.600. The third-order valence-electron chi connectivity index (χ3n) is 4.02. The minimum atomic E-state index is -0.238. The van der Waals surface area contributed by atoms with Gasteiger partial charge < -0.3 is 10.8 Å². The maximum Gasteiger partial charge on any atom is 0.0624 e. The quantitative estimate of drug-likeness (QED) is 0.843. The number of aliphatic hydroxyl groups excluding tert-OH is 1. The standard InChI is InChI=1S/C15H23NO/c1-11-5-7-12(8-6-11)13-3-2-4-14(9-13)15(16)10-17/h2-4,9,11-12,15,17H,5-8,10,16H2,1H3. The van der Waals surface area contributed by atoms with Crippen molar-refractivity contribution in [2.45, 2.75) is 44.6 Å². The summed E-state index contributed by atoms with van der Waals surface area (Å²) in [7, 11) is 0. The maximum absolute atomic E-state index is 9.10. The molecule has 17 heavy (non-hydrogen) atoms. The maximum atomic E-state index is 9.10. The topological polar surface area (TPSA) is 46.2 Å². The molecule has 2 nitrogen and oxygen atoms in total. The van der Waals surface area contributed by atoms with Crippen LogP contribution in [0.5, 0.6) is 0 Å². The number of benzene rings is 1. The molecule has 1 aromatic carbocycles. The van der Waals surface area contributed by atoms with Crippen molar-refractivity contribution in [1.82, 2.24) is 0 Å². The molecule has 0 aromatic heterocycles. The minimum Gasteiger partial charge on any atom is -0.394 e. The van der Waals surface area contributed by atoms with E-state index in [9.17, 15) is 0 Å². The van der Waals surface area contributed by atoms with Crippen LogP contribution in [0.2, 0.25) is 0 Å². The van der Waals surface area contributed by atoms with Crippen molar-refractivity contribution in [3.63, 3.8) is 0 Å². The van der Waals surface area contributed by atoms with Gasteiger partial charge in [-0.15, -0.1) is 0 Å². The summed E-state index contributed by atoms with van der Waals surface area (Å²) in [5.74, 6) is 1.58. The normalized spacial score (nSPS) is 26.8. The van der Waals surface area contributed by atoms with Gasteiger partial charge in [-0.2, -0.15) is 0 Å². The second kappa shape index (κ2) is 5.65. The molecule has 3 N–H and O–H groups in total. The fourth-order valence-corrected chi connectivity index (χ4v) is 2.74. The van der Waals surface area contributed by atoms with Crippen molar-refractivity contribution in [1.29, 1.82) is 0 Å². The van der Waals surface area contributed by atoms with Crippen LogP contribution in [0.25, 0.3) is 0 Å². The first-order valence-electron chi connectivity index (χ1n) is 6.67. The Bertz CT molecular complexity index is 356. The molecule has 1 unspecified atom stereocenters. The number of aliphatic hydroxyl groups is 1. The van der Waals surface area contributed by atoms with Gasteiger partial charge in [-0.1, -0.05) is 44.0 Å². The van der Waals surface area contributed by atoms with Gasteiger partial charge in [0.05, 0.1) is 12.6 Å². The van der Waals surface area contributed by atoms with Crippen LogP contribution in [0.15, 0.2) is 24.3 Å². The molecule has 0 radical (unpaired) electrons. The SMILES string of the molecule is CC1CCC(c2cccc(C(N)CO)c2)CC1. The Hall–Kier alpha value is -0.860. The van der Waals surface area contributed by atoms with Gasteiger partial charge in [-0.25, -0.2) is 0 Å². The van der Waals surface area contributed by atoms with E-state index in [0.717, 1.165) is 11.5 Å². The number of rotatable bonds is 3. The average Bonchev–Trinajstić information content (AvgIpc) is 2.39. The molecule has 94 valence electrons. The minimum absolute atomic E-state index is 0.0190. The first kappa shape index (κ1) is 12.6. The molecule has 1 fully saturated rings. The second-order valence-corrected chi connectivity index (χ2v) is 5.42. The van der Waals surface area contributed by atoms with E-state index in [-0.39, 0.29) is 12.6 Å². The second-order valence-electron chi connectivity index (χ2n) is 5.42. The highest BCUT2D eigenvalue weighted by atomic mass is 16.3. The largest absolute Gasteiger partial charge is 0.394 e. The third kappa shape index (κ3) is 3.08. The Morgan fingerprint density at radius 2 is 2.00 bits per heavy atom. The van der Waals surface area contributed by atoms with Gasteiger partial charge in [0.1, 0.15) is 0 Å². The van der Waals surface area contributed by atoms with Crippen molar-refractivity contribution in [2.24, 2.45) is 11.7 Å². The molecule has 1 aromatic rings. The Kier molecular flexibility index (Phi) is 4.19. The Labute approximate surface area is 104 Å². The van der Waals surface area contributed by atoms with Crippen LogP contribution < -0.4 is 5.73 Å². The lowest BCUT2D eigenvalue weighted by Gasteiger charge is -2.27. The van der Waals surface area contributed by atoms with Gasteiger partial charge in [0.25, 0.3) is 0 Å². The third-order valence-corrected chi connectivity index (χ3v) is 4.02. The van der Waals surface area contributed by atoms with Gasteiger partial charge >= 0.3 is 0 Å². The summed E-state index contributed by atoms with van der Waals surface area (Å²) in [6, 6.07) is 8.22. The Morgan fingerprint density at radius 1 is 1.29 bits per heavy atom. The molecule has 0 bridgehead atoms. The van der Waals surface area contributed by atoms with E-state index in [1.54, 1.807) is 0 Å². The molecule has 0 spiro atoms. The van der Waals surface area contributed by atoms with Gasteiger partial charge in [-0.3, -0.25) is 0 Å². The Morgan fingerprint density at radius 3 is 2.65 bits per heavy atom. The summed E-state index contributed by atoms with van der Waals surface area (Å²) in [4.78, 5) is 0. The summed E-state index contributed by atoms with van der Waals surface area (Å²) < 4.78 is 0. The smallest absolute Gasteiger partial charge is 0.0624 e. The first-order chi connectivity index (χ1) is 8.20. The van der Waals surface area contributed by atoms with Crippen molar-refractivity contribution < 1.29 is 5.11 Å². The summed E-state index contributed by atoms with van der Waals surface area (Å²) in [5.41, 5.74) is 8.32. The molecule has 0 amide bonds. The van der Waals surface area contributed by atoms with Crippen molar-refractivity contribution in [3.8, 4) is 0 Å². The molecule has 1 saturated carbocycles. The number of hydrogen-bond donors (Lipinski definition) is 2. The van der Waals surface area contributed by atoms with Crippen molar-refractivity contribution >= 4 is 0 Å². The average molecular weight is 233 g/mol. The van der Waals surface area contributed by atoms with Crippen molar-refractivity contribution in [3.05, 3.63) is 35.4 Å². The van der Waals surface area contributed by atoms with E-state index >= 15 is 0 Å². The first-order valence-corrected chi connectivity index (χ1v) is 6.67. The highest BCUT2D eigenvalue weighted by Crippen LogP contribution is 2.35. The van der Waals surface area contributed by atoms with E-state index in [2.05, 4.69) is 25.1 Å². The van der Waals surface area contributed by atoms with Crippen LogP contribution in [0, 0.1) is 5.92 Å². The number of hydrogen-bond acceptors (Lipinski definition) is 2. The fourth-order valence-electron chi connectivity index (χ4n) is 2.74. The van der Waals surface area contributed by atoms with Gasteiger partial charge in [0.2, 0.25) is 0 Å². The zero-order valence-corrected chi connectivity index (χ0v) is 10.6. The van der Waals surface area contributed by atoms with Gasteiger partial charge in [0.15, 0.2) is 0 Å². The van der Waals surface area contributed by atoms with Crippen LogP contribution in [-0.4, -0.2) is 11.7 Å². The molecule has 1 atom stereocenters. The van der Waals surface area contributed by atoms with E-state index < -0.39 is 0 Å².